The molecular weight excluding hydrogens is 392 g/mol. The summed E-state index contributed by atoms with van der Waals surface area (Å²) < 4.78 is 0.663. The minimum absolute atomic E-state index is 0.310. The van der Waals surface area contributed by atoms with Crippen LogP contribution < -0.4 is 5.43 Å². The maximum absolute atomic E-state index is 12.9. The fraction of sp³-hybridized carbons (Fsp3) is 0.222. The minimum atomic E-state index is -0.622. The second kappa shape index (κ2) is 7.36. The van der Waals surface area contributed by atoms with E-state index in [0.717, 1.165) is 0 Å². The number of hydrogen-bond donors (Lipinski definition) is 1. The van der Waals surface area contributed by atoms with Crippen LogP contribution in [0, 0.1) is 0 Å². The quantitative estimate of drug-likeness (QED) is 0.732. The summed E-state index contributed by atoms with van der Waals surface area (Å²) >= 11 is 9.44. The fourth-order valence-corrected chi connectivity index (χ4v) is 2.76. The lowest BCUT2D eigenvalue weighted by atomic mass is 10.1. The molecule has 0 aliphatic rings. The number of halogens is 2. The van der Waals surface area contributed by atoms with Crippen molar-refractivity contribution in [3.05, 3.63) is 69.2 Å². The molecule has 0 atom stereocenters. The van der Waals surface area contributed by atoms with E-state index in [1.165, 1.54) is 5.01 Å². The summed E-state index contributed by atoms with van der Waals surface area (Å²) in [4.78, 5) is 25.5. The van der Waals surface area contributed by atoms with Gasteiger partial charge in [-0.15, -0.1) is 0 Å². The van der Waals surface area contributed by atoms with Gasteiger partial charge in [-0.05, 0) is 61.0 Å². The molecule has 4 nitrogen and oxygen atoms in total. The number of nitrogens with one attached hydrogen (secondary N) is 1. The average molecular weight is 410 g/mol. The number of amides is 2. The van der Waals surface area contributed by atoms with Gasteiger partial charge in [-0.1, -0.05) is 35.9 Å². The van der Waals surface area contributed by atoms with Gasteiger partial charge in [0.1, 0.15) is 0 Å². The molecule has 0 unspecified atom stereocenters. The molecule has 0 fully saturated rings. The maximum atomic E-state index is 12.9. The smallest absolute Gasteiger partial charge is 0.267 e. The van der Waals surface area contributed by atoms with E-state index in [2.05, 4.69) is 21.4 Å². The summed E-state index contributed by atoms with van der Waals surface area (Å²) in [5, 5.41) is 1.65. The predicted octanol–water partition coefficient (Wildman–Crippen LogP) is 4.69. The van der Waals surface area contributed by atoms with Gasteiger partial charge in [0.2, 0.25) is 0 Å². The van der Waals surface area contributed by atoms with Crippen molar-refractivity contribution < 1.29 is 9.59 Å². The van der Waals surface area contributed by atoms with E-state index in [4.69, 9.17) is 11.6 Å². The third kappa shape index (κ3) is 4.16. The van der Waals surface area contributed by atoms with Crippen LogP contribution >= 0.6 is 27.5 Å². The largest absolute Gasteiger partial charge is 0.273 e. The number of hydrazine groups is 1. The summed E-state index contributed by atoms with van der Waals surface area (Å²) in [7, 11) is 0. The zero-order valence-electron chi connectivity index (χ0n) is 13.6. The van der Waals surface area contributed by atoms with Crippen molar-refractivity contribution in [3.63, 3.8) is 0 Å². The third-order valence-corrected chi connectivity index (χ3v) is 4.33. The molecule has 0 aromatic heterocycles. The number of nitrogens with zero attached hydrogens (tertiary/aromatic N) is 1. The summed E-state index contributed by atoms with van der Waals surface area (Å²) in [5.41, 5.74) is 2.84. The van der Waals surface area contributed by atoms with Gasteiger partial charge in [-0.2, -0.15) is 0 Å². The van der Waals surface area contributed by atoms with Gasteiger partial charge in [0, 0.05) is 4.47 Å². The van der Waals surface area contributed by atoms with E-state index in [9.17, 15) is 9.59 Å². The summed E-state index contributed by atoms with van der Waals surface area (Å²) in [6, 6.07) is 13.8. The van der Waals surface area contributed by atoms with Gasteiger partial charge in [0.05, 0.1) is 21.7 Å². The zero-order chi connectivity index (χ0) is 17.9. The highest BCUT2D eigenvalue weighted by molar-refractivity contribution is 9.10. The molecule has 0 saturated heterocycles. The predicted molar refractivity (Wildman–Crippen MR) is 99.0 cm³/mol. The SMILES string of the molecule is CC(C)(C)N(NC(=O)c1ccccc1Cl)C(=O)c1ccccc1Br. The molecule has 2 amide bonds. The standard InChI is InChI=1S/C18H18BrClN2O2/c1-18(2,3)22(17(24)12-8-4-6-10-14(12)19)21-16(23)13-9-5-7-11-15(13)20/h4-11H,1-3H3,(H,21,23). The fourth-order valence-electron chi connectivity index (χ4n) is 2.09. The van der Waals surface area contributed by atoms with Crippen LogP contribution in [0.4, 0.5) is 0 Å². The van der Waals surface area contributed by atoms with E-state index in [1.807, 2.05) is 26.8 Å². The zero-order valence-corrected chi connectivity index (χ0v) is 16.0. The van der Waals surface area contributed by atoms with Crippen LogP contribution in [-0.2, 0) is 0 Å². The molecule has 0 bridgehead atoms. The lowest BCUT2D eigenvalue weighted by Crippen LogP contribution is -2.56. The molecule has 2 aromatic rings. The van der Waals surface area contributed by atoms with Crippen LogP contribution in [0.5, 0.6) is 0 Å². The van der Waals surface area contributed by atoms with Crippen LogP contribution in [0.2, 0.25) is 5.02 Å². The van der Waals surface area contributed by atoms with Crippen molar-refractivity contribution in [1.29, 1.82) is 0 Å². The van der Waals surface area contributed by atoms with Crippen LogP contribution in [0.25, 0.3) is 0 Å². The van der Waals surface area contributed by atoms with E-state index in [-0.39, 0.29) is 5.91 Å². The monoisotopic (exact) mass is 408 g/mol. The van der Waals surface area contributed by atoms with E-state index in [1.54, 1.807) is 42.5 Å². The Labute approximate surface area is 154 Å². The molecule has 24 heavy (non-hydrogen) atoms. The molecule has 2 rings (SSSR count). The van der Waals surface area contributed by atoms with Gasteiger partial charge in [0.15, 0.2) is 0 Å². The number of carbonyl (C=O) groups excluding carboxylic acids is 2. The van der Waals surface area contributed by atoms with E-state index >= 15 is 0 Å². The van der Waals surface area contributed by atoms with Crippen molar-refractivity contribution >= 4 is 39.3 Å². The Morgan fingerprint density at radius 2 is 1.54 bits per heavy atom. The second-order valence-corrected chi connectivity index (χ2v) is 7.47. The topological polar surface area (TPSA) is 49.4 Å². The maximum Gasteiger partial charge on any atom is 0.273 e. The number of rotatable bonds is 2. The second-order valence-electron chi connectivity index (χ2n) is 6.21. The Balaban J connectivity index is 2.34. The normalized spacial score (nSPS) is 11.0. The first-order valence-electron chi connectivity index (χ1n) is 7.36. The van der Waals surface area contributed by atoms with Crippen LogP contribution in [0.1, 0.15) is 41.5 Å². The molecule has 6 heteroatoms. The molecule has 0 heterocycles. The minimum Gasteiger partial charge on any atom is -0.267 e. The Morgan fingerprint density at radius 3 is 2.08 bits per heavy atom. The molecule has 126 valence electrons. The number of hydrogen-bond acceptors (Lipinski definition) is 2. The Morgan fingerprint density at radius 1 is 1.00 bits per heavy atom. The highest BCUT2D eigenvalue weighted by Crippen LogP contribution is 2.22. The Kier molecular flexibility index (Phi) is 5.67. The first-order chi connectivity index (χ1) is 11.2. The van der Waals surface area contributed by atoms with Crippen molar-refractivity contribution in [1.82, 2.24) is 10.4 Å². The molecule has 0 spiro atoms. The molecule has 0 aliphatic heterocycles. The van der Waals surface area contributed by atoms with Gasteiger partial charge in [-0.25, -0.2) is 5.01 Å². The van der Waals surface area contributed by atoms with Gasteiger partial charge in [-0.3, -0.25) is 15.0 Å². The lowest BCUT2D eigenvalue weighted by Gasteiger charge is -2.35. The van der Waals surface area contributed by atoms with Gasteiger partial charge < -0.3 is 0 Å². The van der Waals surface area contributed by atoms with Crippen LogP contribution in [-0.4, -0.2) is 22.4 Å². The van der Waals surface area contributed by atoms with Crippen molar-refractivity contribution in [3.8, 4) is 0 Å². The molecular formula is C18H18BrClN2O2. The van der Waals surface area contributed by atoms with Crippen LogP contribution in [0.15, 0.2) is 53.0 Å². The Hall–Kier alpha value is -1.85. The van der Waals surface area contributed by atoms with E-state index < -0.39 is 11.4 Å². The molecule has 1 N–H and O–H groups in total. The summed E-state index contributed by atoms with van der Waals surface area (Å²) in [6.45, 7) is 5.53. The molecule has 2 aromatic carbocycles. The highest BCUT2D eigenvalue weighted by Gasteiger charge is 2.30. The molecule has 0 aliphatic carbocycles. The van der Waals surface area contributed by atoms with Crippen molar-refractivity contribution in [2.24, 2.45) is 0 Å². The number of benzene rings is 2. The number of carbonyl (C=O) groups is 2. The first kappa shape index (κ1) is 18.5. The van der Waals surface area contributed by atoms with Crippen molar-refractivity contribution in [2.75, 3.05) is 0 Å². The van der Waals surface area contributed by atoms with Gasteiger partial charge >= 0.3 is 0 Å². The highest BCUT2D eigenvalue weighted by atomic mass is 79.9. The average Bonchev–Trinajstić information content (AvgIpc) is 2.51. The first-order valence-corrected chi connectivity index (χ1v) is 8.53. The Bertz CT molecular complexity index is 772. The summed E-state index contributed by atoms with van der Waals surface area (Å²) in [6.07, 6.45) is 0. The van der Waals surface area contributed by atoms with Crippen molar-refractivity contribution in [2.45, 2.75) is 26.3 Å². The molecule has 0 saturated carbocycles. The third-order valence-electron chi connectivity index (χ3n) is 3.31. The summed E-state index contributed by atoms with van der Waals surface area (Å²) in [5.74, 6) is -0.744. The molecule has 0 radical (unpaired) electrons. The van der Waals surface area contributed by atoms with Gasteiger partial charge in [0.25, 0.3) is 11.8 Å². The lowest BCUT2D eigenvalue weighted by molar-refractivity contribution is 0.0358. The van der Waals surface area contributed by atoms with E-state index in [0.29, 0.717) is 20.6 Å². The van der Waals surface area contributed by atoms with Crippen LogP contribution in [0.3, 0.4) is 0 Å².